The van der Waals surface area contributed by atoms with Crippen LogP contribution in [0, 0.1) is 0 Å². The van der Waals surface area contributed by atoms with Gasteiger partial charge in [0, 0.05) is 25.2 Å². The van der Waals surface area contributed by atoms with Crippen LogP contribution in [0.15, 0.2) is 83.3 Å². The van der Waals surface area contributed by atoms with Crippen molar-refractivity contribution in [2.75, 3.05) is 25.2 Å². The van der Waals surface area contributed by atoms with Gasteiger partial charge in [0.15, 0.2) is 11.4 Å². The number of pyridine rings is 1. The Hall–Kier alpha value is -4.00. The van der Waals surface area contributed by atoms with Gasteiger partial charge in [-0.1, -0.05) is 54.6 Å². The number of hydrogen-bond acceptors (Lipinski definition) is 5. The van der Waals surface area contributed by atoms with Gasteiger partial charge in [0.25, 0.3) is 5.91 Å². The summed E-state index contributed by atoms with van der Waals surface area (Å²) in [6, 6.07) is 19.4. The van der Waals surface area contributed by atoms with Crippen LogP contribution < -0.4 is 15.6 Å². The number of rotatable bonds is 7. The van der Waals surface area contributed by atoms with Crippen molar-refractivity contribution in [2.45, 2.75) is 13.3 Å². The number of aromatic hydroxyl groups is 1. The monoisotopic (exact) mass is 431 g/mol. The maximum absolute atomic E-state index is 12.7. The number of carbonyl (C=O) groups excluding carboxylic acids is 1. The van der Waals surface area contributed by atoms with Gasteiger partial charge in [-0.15, -0.1) is 0 Å². The molecular formula is C25H25N3O4. The highest BCUT2D eigenvalue weighted by Gasteiger charge is 2.27. The summed E-state index contributed by atoms with van der Waals surface area (Å²) in [5.74, 6) is -0.121. The number of nitrogens with zero attached hydrogens (tertiary/aromatic N) is 2. The molecule has 0 atom stereocenters. The van der Waals surface area contributed by atoms with Gasteiger partial charge in [0.1, 0.15) is 19.0 Å². The second-order valence-electron chi connectivity index (χ2n) is 7.70. The summed E-state index contributed by atoms with van der Waals surface area (Å²) in [4.78, 5) is 25.9. The van der Waals surface area contributed by atoms with Gasteiger partial charge in [-0.2, -0.15) is 0 Å². The molecule has 0 bridgehead atoms. The Kier molecular flexibility index (Phi) is 6.26. The quantitative estimate of drug-likeness (QED) is 0.562. The summed E-state index contributed by atoms with van der Waals surface area (Å²) in [7, 11) is 0. The van der Waals surface area contributed by atoms with E-state index < -0.39 is 17.1 Å². The molecule has 1 aromatic heterocycles. The molecule has 164 valence electrons. The minimum atomic E-state index is -0.581. The van der Waals surface area contributed by atoms with Gasteiger partial charge in [-0.05, 0) is 29.7 Å². The van der Waals surface area contributed by atoms with E-state index in [2.05, 4.69) is 23.6 Å². The lowest BCUT2D eigenvalue weighted by atomic mass is 10.0. The largest absolute Gasteiger partial charge is 0.502 e. The normalized spacial score (nSPS) is 13.5. The van der Waals surface area contributed by atoms with Gasteiger partial charge < -0.3 is 20.2 Å². The fourth-order valence-corrected chi connectivity index (χ4v) is 3.52. The molecule has 0 saturated carbocycles. The summed E-state index contributed by atoms with van der Waals surface area (Å²) >= 11 is 0. The maximum atomic E-state index is 12.7. The molecule has 0 unspecified atom stereocenters. The number of aromatic nitrogens is 1. The third-order valence-electron chi connectivity index (χ3n) is 5.32. The van der Waals surface area contributed by atoms with Gasteiger partial charge in [-0.25, -0.2) is 0 Å². The third kappa shape index (κ3) is 4.67. The van der Waals surface area contributed by atoms with E-state index in [1.807, 2.05) is 49.4 Å². The summed E-state index contributed by atoms with van der Waals surface area (Å²) in [5, 5.41) is 9.99. The first-order chi connectivity index (χ1) is 15.5. The van der Waals surface area contributed by atoms with E-state index in [9.17, 15) is 14.7 Å². The number of hydrogen-bond donors (Lipinski definition) is 2. The average Bonchev–Trinajstić information content (AvgIpc) is 2.81. The molecule has 4 rings (SSSR count). The summed E-state index contributed by atoms with van der Waals surface area (Å²) in [6.45, 7) is 2.92. The molecule has 2 aromatic carbocycles. The zero-order chi connectivity index (χ0) is 22.5. The van der Waals surface area contributed by atoms with Crippen LogP contribution in [-0.2, 0) is 6.42 Å². The Bertz CT molecular complexity index is 1200. The van der Waals surface area contributed by atoms with Crippen molar-refractivity contribution in [2.24, 2.45) is 0 Å². The first kappa shape index (κ1) is 21.2. The SMILES string of the molecule is C/C(=C/CN1CNn2ccc(=O)c(O)c2C1=O)COc1ccccc1Cc1ccccc1. The minimum Gasteiger partial charge on any atom is -0.502 e. The Morgan fingerprint density at radius 3 is 2.66 bits per heavy atom. The molecule has 32 heavy (non-hydrogen) atoms. The molecule has 0 aliphatic carbocycles. The van der Waals surface area contributed by atoms with Crippen molar-refractivity contribution in [1.82, 2.24) is 9.58 Å². The molecule has 0 spiro atoms. The predicted octanol–water partition coefficient (Wildman–Crippen LogP) is 3.13. The number of ether oxygens (including phenoxy) is 1. The standard InChI is InChI=1S/C25H25N3O4/c1-18(11-13-27-17-26-28-14-12-21(29)24(30)23(28)25(27)31)16-32-22-10-6-5-9-20(22)15-19-7-3-2-4-8-19/h2-12,14,26,30H,13,15-17H2,1H3/b18-11-. The molecule has 7 heteroatoms. The summed E-state index contributed by atoms with van der Waals surface area (Å²) < 4.78 is 7.43. The Morgan fingerprint density at radius 1 is 1.09 bits per heavy atom. The average molecular weight is 431 g/mol. The maximum Gasteiger partial charge on any atom is 0.278 e. The van der Waals surface area contributed by atoms with Crippen LogP contribution in [-0.4, -0.2) is 40.4 Å². The van der Waals surface area contributed by atoms with E-state index in [0.717, 1.165) is 23.3 Å². The molecule has 1 aliphatic heterocycles. The van der Waals surface area contributed by atoms with E-state index in [1.54, 1.807) is 0 Å². The van der Waals surface area contributed by atoms with Crippen molar-refractivity contribution in [1.29, 1.82) is 0 Å². The van der Waals surface area contributed by atoms with Gasteiger partial charge >= 0.3 is 0 Å². The van der Waals surface area contributed by atoms with Crippen LogP contribution in [0.25, 0.3) is 0 Å². The van der Waals surface area contributed by atoms with Crippen LogP contribution in [0.3, 0.4) is 0 Å². The molecule has 1 aliphatic rings. The second kappa shape index (κ2) is 9.43. The van der Waals surface area contributed by atoms with Crippen molar-refractivity contribution >= 4 is 5.91 Å². The number of para-hydroxylation sites is 1. The van der Waals surface area contributed by atoms with Crippen LogP contribution in [0.1, 0.15) is 28.5 Å². The molecule has 0 fully saturated rings. The van der Waals surface area contributed by atoms with E-state index in [4.69, 9.17) is 4.74 Å². The number of amides is 1. The molecule has 7 nitrogen and oxygen atoms in total. The highest BCUT2D eigenvalue weighted by molar-refractivity contribution is 5.96. The Labute approximate surface area is 186 Å². The Balaban J connectivity index is 1.39. The van der Waals surface area contributed by atoms with Crippen LogP contribution in [0.5, 0.6) is 11.5 Å². The molecule has 2 N–H and O–H groups in total. The Morgan fingerprint density at radius 2 is 1.84 bits per heavy atom. The van der Waals surface area contributed by atoms with Crippen LogP contribution in [0.2, 0.25) is 0 Å². The predicted molar refractivity (Wildman–Crippen MR) is 123 cm³/mol. The molecule has 2 heterocycles. The summed E-state index contributed by atoms with van der Waals surface area (Å²) in [5.41, 5.74) is 5.64. The lowest BCUT2D eigenvalue weighted by Gasteiger charge is -2.30. The zero-order valence-electron chi connectivity index (χ0n) is 17.8. The van der Waals surface area contributed by atoms with E-state index in [0.29, 0.717) is 13.2 Å². The smallest absolute Gasteiger partial charge is 0.278 e. The minimum absolute atomic E-state index is 0.0547. The molecule has 0 saturated heterocycles. The van der Waals surface area contributed by atoms with Crippen molar-refractivity contribution < 1.29 is 14.6 Å². The molecule has 3 aromatic rings. The number of nitrogens with one attached hydrogen (secondary N) is 1. The first-order valence-corrected chi connectivity index (χ1v) is 10.4. The molecular weight excluding hydrogens is 406 g/mol. The molecule has 0 radical (unpaired) electrons. The highest BCUT2D eigenvalue weighted by atomic mass is 16.5. The van der Waals surface area contributed by atoms with E-state index in [1.165, 1.54) is 27.4 Å². The fraction of sp³-hybridized carbons (Fsp3) is 0.200. The number of carbonyl (C=O) groups is 1. The highest BCUT2D eigenvalue weighted by Crippen LogP contribution is 2.22. The van der Waals surface area contributed by atoms with Crippen molar-refractivity contribution in [3.05, 3.63) is 106 Å². The zero-order valence-corrected chi connectivity index (χ0v) is 17.8. The van der Waals surface area contributed by atoms with Gasteiger partial charge in [0.05, 0.1) is 0 Å². The second-order valence-corrected chi connectivity index (χ2v) is 7.70. The third-order valence-corrected chi connectivity index (χ3v) is 5.32. The van der Waals surface area contributed by atoms with Crippen molar-refractivity contribution in [3.8, 4) is 11.5 Å². The fourth-order valence-electron chi connectivity index (χ4n) is 3.52. The topological polar surface area (TPSA) is 83.8 Å². The van der Waals surface area contributed by atoms with Gasteiger partial charge in [-0.3, -0.25) is 14.3 Å². The van der Waals surface area contributed by atoms with Gasteiger partial charge in [0.2, 0.25) is 5.43 Å². The van der Waals surface area contributed by atoms with E-state index in [-0.39, 0.29) is 12.4 Å². The lowest BCUT2D eigenvalue weighted by Crippen LogP contribution is -2.46. The first-order valence-electron chi connectivity index (χ1n) is 10.4. The number of fused-ring (bicyclic) bond motifs is 1. The summed E-state index contributed by atoms with van der Waals surface area (Å²) in [6.07, 6.45) is 4.14. The molecule has 1 amide bonds. The lowest BCUT2D eigenvalue weighted by molar-refractivity contribution is 0.0741. The van der Waals surface area contributed by atoms with Crippen LogP contribution in [0.4, 0.5) is 0 Å². The van der Waals surface area contributed by atoms with Crippen molar-refractivity contribution in [3.63, 3.8) is 0 Å². The van der Waals surface area contributed by atoms with E-state index >= 15 is 0 Å². The van der Waals surface area contributed by atoms with Crippen LogP contribution >= 0.6 is 0 Å². The number of benzene rings is 2.